The van der Waals surface area contributed by atoms with Crippen molar-refractivity contribution >= 4 is 11.8 Å². The van der Waals surface area contributed by atoms with Crippen molar-refractivity contribution in [1.82, 2.24) is 19.8 Å². The summed E-state index contributed by atoms with van der Waals surface area (Å²) in [4.78, 5) is 27.2. The first kappa shape index (κ1) is 18.3. The molecule has 0 aromatic carbocycles. The number of rotatable bonds is 5. The van der Waals surface area contributed by atoms with Crippen LogP contribution in [0.15, 0.2) is 48.9 Å². The fourth-order valence-electron chi connectivity index (χ4n) is 3.58. The zero-order valence-corrected chi connectivity index (χ0v) is 15.2. The Kier molecular flexibility index (Phi) is 5.46. The van der Waals surface area contributed by atoms with Crippen LogP contribution in [-0.2, 0) is 6.54 Å². The minimum atomic E-state index is -0.488. The molecular formula is C19H24FN5O. The highest BCUT2D eigenvalue weighted by molar-refractivity contribution is 5.95. The summed E-state index contributed by atoms with van der Waals surface area (Å²) in [6, 6.07) is -0.233. The van der Waals surface area contributed by atoms with Gasteiger partial charge in [0.1, 0.15) is 18.0 Å². The first-order valence-corrected chi connectivity index (χ1v) is 8.87. The number of allylic oxidation sites excluding steroid dienone is 4. The van der Waals surface area contributed by atoms with Crippen LogP contribution < -0.4 is 4.90 Å². The number of fused-ring (bicyclic) bond motifs is 1. The van der Waals surface area contributed by atoms with Crippen LogP contribution in [0.25, 0.3) is 0 Å². The molecule has 0 N–H and O–H groups in total. The monoisotopic (exact) mass is 357 g/mol. The molecule has 7 heteroatoms. The summed E-state index contributed by atoms with van der Waals surface area (Å²) >= 11 is 0. The van der Waals surface area contributed by atoms with Gasteiger partial charge >= 0.3 is 6.03 Å². The van der Waals surface area contributed by atoms with Gasteiger partial charge in [-0.25, -0.2) is 19.2 Å². The van der Waals surface area contributed by atoms with E-state index in [1.165, 1.54) is 23.4 Å². The molecule has 2 aliphatic rings. The third-order valence-corrected chi connectivity index (χ3v) is 4.89. The minimum Gasteiger partial charge on any atom is -0.301 e. The molecule has 1 unspecified atom stereocenters. The topological polar surface area (TPSA) is 52.6 Å². The number of carbonyl (C=O) groups excluding carboxylic acids is 1. The first-order chi connectivity index (χ1) is 12.6. The number of aromatic nitrogens is 2. The van der Waals surface area contributed by atoms with Crippen molar-refractivity contribution in [2.24, 2.45) is 0 Å². The normalized spacial score (nSPS) is 22.0. The fourth-order valence-corrected chi connectivity index (χ4v) is 3.58. The third-order valence-electron chi connectivity index (χ3n) is 4.89. The lowest BCUT2D eigenvalue weighted by atomic mass is 10.1. The quantitative estimate of drug-likeness (QED) is 0.759. The molecule has 3 rings (SSSR count). The number of urea groups is 1. The van der Waals surface area contributed by atoms with E-state index in [1.807, 2.05) is 0 Å². The van der Waals surface area contributed by atoms with Gasteiger partial charge in [-0.3, -0.25) is 9.80 Å². The molecular weight excluding hydrogens is 333 g/mol. The molecule has 1 aromatic heterocycles. The summed E-state index contributed by atoms with van der Waals surface area (Å²) in [5.41, 5.74) is 1.05. The Hall–Kier alpha value is -2.54. The van der Waals surface area contributed by atoms with Crippen LogP contribution in [-0.4, -0.2) is 51.5 Å². The molecule has 1 aromatic rings. The summed E-state index contributed by atoms with van der Waals surface area (Å²) < 4.78 is 14.5. The number of likely N-dealkylation sites (N-methyl/N-ethyl adjacent to an activating group) is 1. The van der Waals surface area contributed by atoms with Crippen molar-refractivity contribution in [3.63, 3.8) is 0 Å². The van der Waals surface area contributed by atoms with Gasteiger partial charge in [-0.05, 0) is 26.0 Å². The molecule has 0 aliphatic carbocycles. The lowest BCUT2D eigenvalue weighted by molar-refractivity contribution is 0.208. The van der Waals surface area contributed by atoms with E-state index in [1.54, 1.807) is 24.1 Å². The Balaban J connectivity index is 2.00. The Morgan fingerprint density at radius 3 is 2.96 bits per heavy atom. The number of carbonyl (C=O) groups is 1. The molecule has 1 saturated heterocycles. The Labute approximate surface area is 153 Å². The zero-order valence-electron chi connectivity index (χ0n) is 15.2. The fraction of sp³-hybridized carbons (Fsp3) is 0.421. The average Bonchev–Trinajstić information content (AvgIpc) is 3.11. The molecule has 0 radical (unpaired) electrons. The van der Waals surface area contributed by atoms with Gasteiger partial charge < -0.3 is 4.90 Å². The maximum absolute atomic E-state index is 14.5. The molecule has 3 heterocycles. The molecule has 6 nitrogen and oxygen atoms in total. The van der Waals surface area contributed by atoms with Gasteiger partial charge in [0.05, 0.1) is 18.3 Å². The van der Waals surface area contributed by atoms with Crippen LogP contribution in [0.2, 0.25) is 0 Å². The van der Waals surface area contributed by atoms with Crippen molar-refractivity contribution in [3.05, 3.63) is 54.4 Å². The maximum atomic E-state index is 14.5. The van der Waals surface area contributed by atoms with Crippen molar-refractivity contribution < 1.29 is 9.18 Å². The SMILES string of the molecule is C=C/C=C(F)\C(=C\C)N1Cc2cncnc2N(C2CCN(CC)C2)C1=O. The number of hydrogen-bond donors (Lipinski definition) is 0. The van der Waals surface area contributed by atoms with Crippen molar-refractivity contribution in [2.75, 3.05) is 24.5 Å². The van der Waals surface area contributed by atoms with Crippen LogP contribution in [0, 0.1) is 0 Å². The maximum Gasteiger partial charge on any atom is 0.330 e. The number of hydrogen-bond acceptors (Lipinski definition) is 4. The largest absolute Gasteiger partial charge is 0.330 e. The van der Waals surface area contributed by atoms with E-state index < -0.39 is 5.83 Å². The van der Waals surface area contributed by atoms with Gasteiger partial charge in [-0.2, -0.15) is 0 Å². The molecule has 0 bridgehead atoms. The van der Waals surface area contributed by atoms with E-state index >= 15 is 0 Å². The highest BCUT2D eigenvalue weighted by atomic mass is 19.1. The number of nitrogens with zero attached hydrogens (tertiary/aromatic N) is 5. The molecule has 0 spiro atoms. The smallest absolute Gasteiger partial charge is 0.301 e. The van der Waals surface area contributed by atoms with Crippen molar-refractivity contribution in [2.45, 2.75) is 32.9 Å². The first-order valence-electron chi connectivity index (χ1n) is 8.87. The van der Waals surface area contributed by atoms with Gasteiger partial charge in [0.25, 0.3) is 0 Å². The third kappa shape index (κ3) is 3.26. The van der Waals surface area contributed by atoms with Crippen molar-refractivity contribution in [1.29, 1.82) is 0 Å². The lowest BCUT2D eigenvalue weighted by Gasteiger charge is -2.39. The Morgan fingerprint density at radius 1 is 1.50 bits per heavy atom. The molecule has 138 valence electrons. The van der Waals surface area contributed by atoms with Gasteiger partial charge in [-0.1, -0.05) is 25.7 Å². The Morgan fingerprint density at radius 2 is 2.31 bits per heavy atom. The van der Waals surface area contributed by atoms with Crippen LogP contribution in [0.1, 0.15) is 25.8 Å². The van der Waals surface area contributed by atoms with Crippen LogP contribution in [0.3, 0.4) is 0 Å². The van der Waals surface area contributed by atoms with Gasteiger partial charge in [-0.15, -0.1) is 0 Å². The average molecular weight is 357 g/mol. The summed E-state index contributed by atoms with van der Waals surface area (Å²) in [6.07, 6.45) is 8.26. The van der Waals surface area contributed by atoms with Crippen LogP contribution >= 0.6 is 0 Å². The highest BCUT2D eigenvalue weighted by Crippen LogP contribution is 2.34. The van der Waals surface area contributed by atoms with Gasteiger partial charge in [0.15, 0.2) is 0 Å². The summed E-state index contributed by atoms with van der Waals surface area (Å²) in [5.74, 6) is 0.144. The second-order valence-corrected chi connectivity index (χ2v) is 6.37. The van der Waals surface area contributed by atoms with Crippen molar-refractivity contribution in [3.8, 4) is 0 Å². The van der Waals surface area contributed by atoms with Gasteiger partial charge in [0.2, 0.25) is 0 Å². The van der Waals surface area contributed by atoms with Crippen LogP contribution in [0.4, 0.5) is 15.0 Å². The number of anilines is 1. The standard InChI is InChI=1S/C19H24FN5O/c1-4-7-16(20)17(5-2)24-11-14-10-21-13-22-18(14)25(19(24)26)15-8-9-23(6-3)12-15/h4-5,7,10,13,15H,1,6,8-9,11-12H2,2-3H3/b16-7+,17-5-. The van der Waals surface area contributed by atoms with Gasteiger partial charge in [0, 0.05) is 24.8 Å². The Bertz CT molecular complexity index is 760. The molecule has 1 fully saturated rings. The highest BCUT2D eigenvalue weighted by Gasteiger charge is 2.40. The summed E-state index contributed by atoms with van der Waals surface area (Å²) in [5, 5.41) is 0. The molecule has 2 aliphatic heterocycles. The van der Waals surface area contributed by atoms with E-state index in [9.17, 15) is 9.18 Å². The molecule has 0 saturated carbocycles. The molecule has 26 heavy (non-hydrogen) atoms. The number of likely N-dealkylation sites (tertiary alicyclic amines) is 1. The summed E-state index contributed by atoms with van der Waals surface area (Å²) in [7, 11) is 0. The van der Waals surface area contributed by atoms with E-state index in [0.29, 0.717) is 5.82 Å². The van der Waals surface area contributed by atoms with Crippen LogP contribution in [0.5, 0.6) is 0 Å². The second kappa shape index (κ2) is 7.78. The zero-order chi connectivity index (χ0) is 18.7. The lowest BCUT2D eigenvalue weighted by Crippen LogP contribution is -2.52. The minimum absolute atomic E-state index is 0.0171. The van der Waals surface area contributed by atoms with E-state index in [-0.39, 0.29) is 24.3 Å². The molecule has 2 amide bonds. The number of halogens is 1. The molecule has 1 atom stereocenters. The summed E-state index contributed by atoms with van der Waals surface area (Å²) in [6.45, 7) is 10.3. The number of amides is 2. The van der Waals surface area contributed by atoms with E-state index in [2.05, 4.69) is 28.4 Å². The predicted octanol–water partition coefficient (Wildman–Crippen LogP) is 3.26. The predicted molar refractivity (Wildman–Crippen MR) is 99.1 cm³/mol. The van der Waals surface area contributed by atoms with E-state index in [0.717, 1.165) is 31.6 Å². The second-order valence-electron chi connectivity index (χ2n) is 6.37. The van der Waals surface area contributed by atoms with E-state index in [4.69, 9.17) is 0 Å².